The number of aliphatic carboxylic acids is 1. The van der Waals surface area contributed by atoms with Crippen molar-refractivity contribution >= 4 is 29.3 Å². The average Bonchev–Trinajstić information content (AvgIpc) is 2.68. The summed E-state index contributed by atoms with van der Waals surface area (Å²) in [6.45, 7) is 7.81. The number of amides is 1. The van der Waals surface area contributed by atoms with Gasteiger partial charge in [0.25, 0.3) is 5.91 Å². The van der Waals surface area contributed by atoms with E-state index in [2.05, 4.69) is 5.32 Å². The normalized spacial score (nSPS) is 11.8. The van der Waals surface area contributed by atoms with Crippen LogP contribution in [-0.4, -0.2) is 22.5 Å². The van der Waals surface area contributed by atoms with E-state index < -0.39 is 5.97 Å². The maximum atomic E-state index is 12.1. The van der Waals surface area contributed by atoms with Crippen molar-refractivity contribution < 1.29 is 14.7 Å². The molecule has 0 aliphatic carbocycles. The Morgan fingerprint density at radius 2 is 2.11 bits per heavy atom. The molecule has 0 bridgehead atoms. The first kappa shape index (κ1) is 15.4. The number of aryl methyl sites for hydroxylation is 1. The van der Waals surface area contributed by atoms with Gasteiger partial charge in [-0.25, -0.2) is 4.79 Å². The van der Waals surface area contributed by atoms with Crippen LogP contribution in [0.15, 0.2) is 12.1 Å². The van der Waals surface area contributed by atoms with Crippen LogP contribution in [0.25, 0.3) is 6.08 Å². The van der Waals surface area contributed by atoms with Crippen molar-refractivity contribution in [1.82, 2.24) is 5.32 Å². The highest BCUT2D eigenvalue weighted by molar-refractivity contribution is 7.15. The summed E-state index contributed by atoms with van der Waals surface area (Å²) >= 11 is 1.30. The first-order chi connectivity index (χ1) is 8.75. The smallest absolute Gasteiger partial charge is 0.328 e. The summed E-state index contributed by atoms with van der Waals surface area (Å²) in [5, 5.41) is 11.6. The highest BCUT2D eigenvalue weighted by Gasteiger charge is 2.20. The summed E-state index contributed by atoms with van der Waals surface area (Å²) in [6, 6.07) is 1.78. The predicted molar refractivity (Wildman–Crippen MR) is 77.6 cm³/mol. The number of carboxylic acids is 1. The van der Waals surface area contributed by atoms with Crippen molar-refractivity contribution in [3.63, 3.8) is 0 Å². The summed E-state index contributed by atoms with van der Waals surface area (Å²) in [4.78, 5) is 24.0. The Balaban J connectivity index is 2.89. The third-order valence-corrected chi connectivity index (χ3v) is 4.09. The third kappa shape index (κ3) is 4.52. The quantitative estimate of drug-likeness (QED) is 0.815. The first-order valence-electron chi connectivity index (χ1n) is 6.09. The van der Waals surface area contributed by atoms with Gasteiger partial charge in [-0.05, 0) is 44.9 Å². The Morgan fingerprint density at radius 3 is 2.63 bits per heavy atom. The second kappa shape index (κ2) is 6.02. The number of carbonyl (C=O) groups is 2. The SMILES string of the molecule is CCC(C)(C)NC(=O)c1cc(C)c(C=CC(=O)O)s1. The number of hydrogen-bond acceptors (Lipinski definition) is 3. The summed E-state index contributed by atoms with van der Waals surface area (Å²) in [7, 11) is 0. The summed E-state index contributed by atoms with van der Waals surface area (Å²) in [5.41, 5.74) is 0.661. The summed E-state index contributed by atoms with van der Waals surface area (Å²) in [6.07, 6.45) is 3.44. The molecular weight excluding hydrogens is 262 g/mol. The molecule has 2 N–H and O–H groups in total. The summed E-state index contributed by atoms with van der Waals surface area (Å²) < 4.78 is 0. The second-order valence-corrected chi connectivity index (χ2v) is 6.10. The summed E-state index contributed by atoms with van der Waals surface area (Å²) in [5.74, 6) is -1.11. The van der Waals surface area contributed by atoms with E-state index >= 15 is 0 Å². The lowest BCUT2D eigenvalue weighted by molar-refractivity contribution is -0.131. The van der Waals surface area contributed by atoms with Crippen molar-refractivity contribution in [3.05, 3.63) is 27.5 Å². The molecule has 1 heterocycles. The number of nitrogens with one attached hydrogen (secondary N) is 1. The second-order valence-electron chi connectivity index (χ2n) is 5.02. The Hall–Kier alpha value is -1.62. The maximum Gasteiger partial charge on any atom is 0.328 e. The molecule has 0 aliphatic heterocycles. The minimum absolute atomic E-state index is 0.116. The van der Waals surface area contributed by atoms with Gasteiger partial charge in [-0.3, -0.25) is 4.79 Å². The monoisotopic (exact) mass is 281 g/mol. The predicted octanol–water partition coefficient (Wildman–Crippen LogP) is 3.07. The van der Waals surface area contributed by atoms with E-state index in [4.69, 9.17) is 5.11 Å². The third-order valence-electron chi connectivity index (χ3n) is 2.89. The molecule has 5 heteroatoms. The largest absolute Gasteiger partial charge is 0.478 e. The van der Waals surface area contributed by atoms with E-state index in [-0.39, 0.29) is 11.4 Å². The fraction of sp³-hybridized carbons (Fsp3) is 0.429. The minimum atomic E-state index is -0.995. The molecule has 1 aromatic rings. The molecule has 0 aliphatic rings. The minimum Gasteiger partial charge on any atom is -0.478 e. The molecule has 19 heavy (non-hydrogen) atoms. The van der Waals surface area contributed by atoms with E-state index in [1.807, 2.05) is 27.7 Å². The molecule has 1 amide bonds. The topological polar surface area (TPSA) is 66.4 Å². The number of carboxylic acid groups (broad SMARTS) is 1. The van der Waals surface area contributed by atoms with E-state index in [1.54, 1.807) is 6.07 Å². The Labute approximate surface area is 117 Å². The number of hydrogen-bond donors (Lipinski definition) is 2. The number of rotatable bonds is 5. The van der Waals surface area contributed by atoms with E-state index in [0.717, 1.165) is 22.9 Å². The zero-order valence-corrected chi connectivity index (χ0v) is 12.4. The van der Waals surface area contributed by atoms with Gasteiger partial charge in [-0.15, -0.1) is 11.3 Å². The number of carbonyl (C=O) groups excluding carboxylic acids is 1. The molecule has 0 saturated carbocycles. The van der Waals surface area contributed by atoms with Crippen LogP contribution in [-0.2, 0) is 4.79 Å². The average molecular weight is 281 g/mol. The van der Waals surface area contributed by atoms with Gasteiger partial charge in [-0.1, -0.05) is 6.92 Å². The van der Waals surface area contributed by atoms with E-state index in [0.29, 0.717) is 4.88 Å². The van der Waals surface area contributed by atoms with Crippen LogP contribution in [0.3, 0.4) is 0 Å². The lowest BCUT2D eigenvalue weighted by Crippen LogP contribution is -2.42. The first-order valence-corrected chi connectivity index (χ1v) is 6.91. The molecule has 104 valence electrons. The van der Waals surface area contributed by atoms with Gasteiger partial charge in [0.05, 0.1) is 4.88 Å². The Kier molecular flexibility index (Phi) is 4.89. The lowest BCUT2D eigenvalue weighted by atomic mass is 10.0. The highest BCUT2D eigenvalue weighted by atomic mass is 32.1. The van der Waals surface area contributed by atoms with Gasteiger partial charge < -0.3 is 10.4 Å². The highest BCUT2D eigenvalue weighted by Crippen LogP contribution is 2.24. The van der Waals surface area contributed by atoms with Crippen molar-refractivity contribution in [2.45, 2.75) is 39.7 Å². The molecular formula is C14H19NO3S. The molecule has 0 atom stereocenters. The van der Waals surface area contributed by atoms with Crippen molar-refractivity contribution in [1.29, 1.82) is 0 Å². The van der Waals surface area contributed by atoms with Gasteiger partial charge in [-0.2, -0.15) is 0 Å². The van der Waals surface area contributed by atoms with Crippen molar-refractivity contribution in [3.8, 4) is 0 Å². The molecule has 0 fully saturated rings. The standard InChI is InChI=1S/C14H19NO3S/c1-5-14(3,4)15-13(18)11-8-9(2)10(19-11)6-7-12(16)17/h6-8H,5H2,1-4H3,(H,15,18)(H,16,17). The van der Waals surface area contributed by atoms with Crippen LogP contribution in [0.1, 0.15) is 47.3 Å². The van der Waals surface area contributed by atoms with E-state index in [9.17, 15) is 9.59 Å². The van der Waals surface area contributed by atoms with Gasteiger partial charge in [0, 0.05) is 16.5 Å². The fourth-order valence-corrected chi connectivity index (χ4v) is 2.35. The molecule has 1 aromatic heterocycles. The van der Waals surface area contributed by atoms with Crippen LogP contribution >= 0.6 is 11.3 Å². The van der Waals surface area contributed by atoms with Gasteiger partial charge >= 0.3 is 5.97 Å². The van der Waals surface area contributed by atoms with Crippen LogP contribution in [0, 0.1) is 6.92 Å². The van der Waals surface area contributed by atoms with Crippen molar-refractivity contribution in [2.75, 3.05) is 0 Å². The zero-order valence-electron chi connectivity index (χ0n) is 11.6. The Morgan fingerprint density at radius 1 is 1.47 bits per heavy atom. The Bertz CT molecular complexity index is 515. The molecule has 0 spiro atoms. The molecule has 0 saturated heterocycles. The van der Waals surface area contributed by atoms with Crippen molar-refractivity contribution in [2.24, 2.45) is 0 Å². The molecule has 1 rings (SSSR count). The van der Waals surface area contributed by atoms with Gasteiger partial charge in [0.1, 0.15) is 0 Å². The lowest BCUT2D eigenvalue weighted by Gasteiger charge is -2.23. The van der Waals surface area contributed by atoms with Crippen LogP contribution in [0.4, 0.5) is 0 Å². The molecule has 0 aromatic carbocycles. The zero-order chi connectivity index (χ0) is 14.6. The molecule has 0 radical (unpaired) electrons. The van der Waals surface area contributed by atoms with Crippen LogP contribution in [0.5, 0.6) is 0 Å². The van der Waals surface area contributed by atoms with E-state index in [1.165, 1.54) is 17.4 Å². The molecule has 4 nitrogen and oxygen atoms in total. The van der Waals surface area contributed by atoms with Gasteiger partial charge in [0.2, 0.25) is 0 Å². The number of thiophene rings is 1. The molecule has 0 unspecified atom stereocenters. The van der Waals surface area contributed by atoms with Crippen LogP contribution < -0.4 is 5.32 Å². The maximum absolute atomic E-state index is 12.1. The van der Waals surface area contributed by atoms with Crippen LogP contribution in [0.2, 0.25) is 0 Å². The fourth-order valence-electron chi connectivity index (χ4n) is 1.38. The van der Waals surface area contributed by atoms with Gasteiger partial charge in [0.15, 0.2) is 0 Å².